The molecule has 0 spiro atoms. The van der Waals surface area contributed by atoms with E-state index in [4.69, 9.17) is 15.0 Å². The van der Waals surface area contributed by atoms with Crippen molar-refractivity contribution in [2.75, 3.05) is 19.5 Å². The fraction of sp³-hybridized carbons (Fsp3) is 0.333. The highest BCUT2D eigenvalue weighted by Crippen LogP contribution is 2.25. The molecule has 2 aromatic rings. The van der Waals surface area contributed by atoms with Crippen molar-refractivity contribution in [1.82, 2.24) is 10.1 Å². The summed E-state index contributed by atoms with van der Waals surface area (Å²) >= 11 is 0. The lowest BCUT2D eigenvalue weighted by atomic mass is 10.1. The van der Waals surface area contributed by atoms with Crippen molar-refractivity contribution in [3.63, 3.8) is 0 Å². The van der Waals surface area contributed by atoms with Crippen LogP contribution in [0.5, 0.6) is 0 Å². The minimum atomic E-state index is 0.501. The standard InChI is InChI=1S/C12H15N3O2/c1-8-9(4-3-5-10(8)13)12-14-11(15-17-12)6-7-16-2/h3-5H,6-7,13H2,1-2H3. The van der Waals surface area contributed by atoms with Crippen LogP contribution in [0.4, 0.5) is 5.69 Å². The highest BCUT2D eigenvalue weighted by molar-refractivity contribution is 5.66. The Bertz CT molecular complexity index is 508. The Morgan fingerprint density at radius 2 is 2.24 bits per heavy atom. The van der Waals surface area contributed by atoms with E-state index in [0.717, 1.165) is 16.8 Å². The van der Waals surface area contributed by atoms with Crippen LogP contribution in [0.1, 0.15) is 11.4 Å². The van der Waals surface area contributed by atoms with Crippen LogP contribution in [-0.4, -0.2) is 23.9 Å². The van der Waals surface area contributed by atoms with Crippen molar-refractivity contribution < 1.29 is 9.26 Å². The van der Waals surface area contributed by atoms with Crippen molar-refractivity contribution >= 4 is 5.69 Å². The van der Waals surface area contributed by atoms with E-state index in [-0.39, 0.29) is 0 Å². The number of nitrogen functional groups attached to an aromatic ring is 1. The van der Waals surface area contributed by atoms with Gasteiger partial charge in [-0.15, -0.1) is 0 Å². The number of nitrogens with two attached hydrogens (primary N) is 1. The molecule has 5 heteroatoms. The number of aromatic nitrogens is 2. The zero-order chi connectivity index (χ0) is 12.3. The highest BCUT2D eigenvalue weighted by Gasteiger charge is 2.11. The largest absolute Gasteiger partial charge is 0.398 e. The second kappa shape index (κ2) is 4.97. The Balaban J connectivity index is 2.27. The number of hydrogen-bond acceptors (Lipinski definition) is 5. The van der Waals surface area contributed by atoms with Crippen LogP contribution in [0.2, 0.25) is 0 Å². The summed E-state index contributed by atoms with van der Waals surface area (Å²) in [4.78, 5) is 4.31. The maximum absolute atomic E-state index is 5.84. The summed E-state index contributed by atoms with van der Waals surface area (Å²) in [6.07, 6.45) is 0.640. The van der Waals surface area contributed by atoms with Gasteiger partial charge in [0.25, 0.3) is 5.89 Å². The molecule has 17 heavy (non-hydrogen) atoms. The van der Waals surface area contributed by atoms with Crippen molar-refractivity contribution in [3.05, 3.63) is 29.6 Å². The first-order valence-corrected chi connectivity index (χ1v) is 5.39. The zero-order valence-electron chi connectivity index (χ0n) is 9.93. The van der Waals surface area contributed by atoms with Gasteiger partial charge in [0.15, 0.2) is 5.82 Å². The van der Waals surface area contributed by atoms with Crippen LogP contribution in [0, 0.1) is 6.92 Å². The molecule has 0 fully saturated rings. The first kappa shape index (κ1) is 11.6. The van der Waals surface area contributed by atoms with Crippen molar-refractivity contribution in [1.29, 1.82) is 0 Å². The SMILES string of the molecule is COCCc1noc(-c2cccc(N)c2C)n1. The number of anilines is 1. The van der Waals surface area contributed by atoms with Gasteiger partial charge >= 0.3 is 0 Å². The molecule has 0 radical (unpaired) electrons. The molecule has 0 bridgehead atoms. The normalized spacial score (nSPS) is 10.7. The van der Waals surface area contributed by atoms with Gasteiger partial charge in [-0.1, -0.05) is 11.2 Å². The van der Waals surface area contributed by atoms with E-state index in [1.807, 2.05) is 25.1 Å². The molecule has 0 unspecified atom stereocenters. The molecular formula is C12H15N3O2. The predicted octanol–water partition coefficient (Wildman–Crippen LogP) is 1.82. The van der Waals surface area contributed by atoms with Crippen LogP contribution in [-0.2, 0) is 11.2 Å². The van der Waals surface area contributed by atoms with Crippen molar-refractivity contribution in [2.24, 2.45) is 0 Å². The third-order valence-corrected chi connectivity index (χ3v) is 2.60. The van der Waals surface area contributed by atoms with E-state index in [2.05, 4.69) is 10.1 Å². The molecule has 0 saturated carbocycles. The maximum Gasteiger partial charge on any atom is 0.258 e. The van der Waals surface area contributed by atoms with E-state index in [1.54, 1.807) is 7.11 Å². The smallest absolute Gasteiger partial charge is 0.258 e. The monoisotopic (exact) mass is 233 g/mol. The van der Waals surface area contributed by atoms with Gasteiger partial charge in [0, 0.05) is 24.8 Å². The van der Waals surface area contributed by atoms with E-state index >= 15 is 0 Å². The molecule has 0 saturated heterocycles. The third-order valence-electron chi connectivity index (χ3n) is 2.60. The van der Waals surface area contributed by atoms with E-state index in [9.17, 15) is 0 Å². The molecule has 5 nitrogen and oxygen atoms in total. The summed E-state index contributed by atoms with van der Waals surface area (Å²) in [5.41, 5.74) is 8.39. The van der Waals surface area contributed by atoms with Gasteiger partial charge in [0.05, 0.1) is 6.61 Å². The minimum absolute atomic E-state index is 0.501. The molecule has 0 aliphatic carbocycles. The van der Waals surface area contributed by atoms with Crippen LogP contribution in [0.25, 0.3) is 11.5 Å². The predicted molar refractivity (Wildman–Crippen MR) is 64.5 cm³/mol. The lowest BCUT2D eigenvalue weighted by Crippen LogP contribution is -1.96. The van der Waals surface area contributed by atoms with Gasteiger partial charge in [-0.3, -0.25) is 0 Å². The molecular weight excluding hydrogens is 218 g/mol. The molecule has 0 aliphatic rings. The number of rotatable bonds is 4. The maximum atomic E-state index is 5.84. The first-order valence-electron chi connectivity index (χ1n) is 5.39. The van der Waals surface area contributed by atoms with Crippen LogP contribution < -0.4 is 5.73 Å². The van der Waals surface area contributed by atoms with E-state index < -0.39 is 0 Å². The number of ether oxygens (including phenoxy) is 1. The summed E-state index contributed by atoms with van der Waals surface area (Å²) in [5.74, 6) is 1.14. The van der Waals surface area contributed by atoms with Crippen molar-refractivity contribution in [3.8, 4) is 11.5 Å². The van der Waals surface area contributed by atoms with Gasteiger partial charge in [-0.2, -0.15) is 4.98 Å². The summed E-state index contributed by atoms with van der Waals surface area (Å²) < 4.78 is 10.2. The van der Waals surface area contributed by atoms with Gasteiger partial charge in [-0.05, 0) is 24.6 Å². The van der Waals surface area contributed by atoms with Gasteiger partial charge in [0.1, 0.15) is 0 Å². The molecule has 0 aliphatic heterocycles. The van der Waals surface area contributed by atoms with Gasteiger partial charge in [-0.25, -0.2) is 0 Å². The Hall–Kier alpha value is -1.88. The average molecular weight is 233 g/mol. The van der Waals surface area contributed by atoms with Gasteiger partial charge < -0.3 is 15.0 Å². The number of methoxy groups -OCH3 is 1. The lowest BCUT2D eigenvalue weighted by molar-refractivity contribution is 0.199. The zero-order valence-corrected chi connectivity index (χ0v) is 9.93. The molecule has 0 atom stereocenters. The number of nitrogens with zero attached hydrogens (tertiary/aromatic N) is 2. The molecule has 2 N–H and O–H groups in total. The second-order valence-corrected chi connectivity index (χ2v) is 3.78. The van der Waals surface area contributed by atoms with Crippen LogP contribution >= 0.6 is 0 Å². The minimum Gasteiger partial charge on any atom is -0.398 e. The fourth-order valence-corrected chi connectivity index (χ4v) is 1.54. The van der Waals surface area contributed by atoms with E-state index in [0.29, 0.717) is 24.7 Å². The Labute approximate surface area is 99.6 Å². The first-order chi connectivity index (χ1) is 8.22. The van der Waals surface area contributed by atoms with Crippen LogP contribution in [0.3, 0.4) is 0 Å². The van der Waals surface area contributed by atoms with Gasteiger partial charge in [0.2, 0.25) is 0 Å². The number of hydrogen-bond donors (Lipinski definition) is 1. The fourth-order valence-electron chi connectivity index (χ4n) is 1.54. The summed E-state index contributed by atoms with van der Waals surface area (Å²) in [7, 11) is 1.64. The average Bonchev–Trinajstić information content (AvgIpc) is 2.78. The quantitative estimate of drug-likeness (QED) is 0.815. The summed E-state index contributed by atoms with van der Waals surface area (Å²) in [5, 5.41) is 3.89. The Kier molecular flexibility index (Phi) is 3.39. The molecule has 1 heterocycles. The summed E-state index contributed by atoms with van der Waals surface area (Å²) in [6, 6.07) is 5.64. The third kappa shape index (κ3) is 2.45. The second-order valence-electron chi connectivity index (χ2n) is 3.78. The Morgan fingerprint density at radius 3 is 3.00 bits per heavy atom. The lowest BCUT2D eigenvalue weighted by Gasteiger charge is -2.02. The number of benzene rings is 1. The molecule has 2 rings (SSSR count). The Morgan fingerprint density at radius 1 is 1.41 bits per heavy atom. The topological polar surface area (TPSA) is 74.2 Å². The molecule has 90 valence electrons. The van der Waals surface area contributed by atoms with E-state index in [1.165, 1.54) is 0 Å². The molecule has 1 aromatic carbocycles. The molecule has 0 amide bonds. The highest BCUT2D eigenvalue weighted by atomic mass is 16.5. The molecule has 1 aromatic heterocycles. The summed E-state index contributed by atoms with van der Waals surface area (Å²) in [6.45, 7) is 2.51. The van der Waals surface area contributed by atoms with Crippen molar-refractivity contribution in [2.45, 2.75) is 13.3 Å². The van der Waals surface area contributed by atoms with Crippen LogP contribution in [0.15, 0.2) is 22.7 Å².